The molecule has 2 fully saturated rings. The van der Waals surface area contributed by atoms with Crippen LogP contribution in [0.25, 0.3) is 0 Å². The Morgan fingerprint density at radius 1 is 0.950 bits per heavy atom. The molecule has 0 spiro atoms. The molecular formula is C14H16N2S4. The van der Waals surface area contributed by atoms with Crippen LogP contribution in [0.3, 0.4) is 0 Å². The van der Waals surface area contributed by atoms with Crippen LogP contribution < -0.4 is 0 Å². The lowest BCUT2D eigenvalue weighted by Crippen LogP contribution is -2.21. The first kappa shape index (κ1) is 16.2. The summed E-state index contributed by atoms with van der Waals surface area (Å²) in [6.45, 7) is 4.13. The Morgan fingerprint density at radius 2 is 1.30 bits per heavy atom. The maximum atomic E-state index is 9.66. The fourth-order valence-electron chi connectivity index (χ4n) is 2.18. The van der Waals surface area contributed by atoms with E-state index in [1.807, 2.05) is 0 Å². The minimum Gasteiger partial charge on any atom is -0.193 e. The lowest BCUT2D eigenvalue weighted by molar-refractivity contribution is 0.488. The van der Waals surface area contributed by atoms with E-state index < -0.39 is 5.41 Å². The zero-order valence-corrected chi connectivity index (χ0v) is 14.8. The van der Waals surface area contributed by atoms with Crippen molar-refractivity contribution >= 4 is 47.0 Å². The molecule has 0 saturated carbocycles. The molecular weight excluding hydrogens is 324 g/mol. The zero-order chi connectivity index (χ0) is 14.6. The zero-order valence-electron chi connectivity index (χ0n) is 11.6. The third-order valence-electron chi connectivity index (χ3n) is 3.54. The molecule has 0 aromatic carbocycles. The molecule has 0 unspecified atom stereocenters. The molecule has 2 aliphatic rings. The largest absolute Gasteiger partial charge is 0.193 e. The molecule has 2 saturated heterocycles. The van der Waals surface area contributed by atoms with Gasteiger partial charge >= 0.3 is 0 Å². The highest BCUT2D eigenvalue weighted by Crippen LogP contribution is 2.52. The van der Waals surface area contributed by atoms with Gasteiger partial charge in [0.1, 0.15) is 0 Å². The Morgan fingerprint density at radius 3 is 1.55 bits per heavy atom. The highest BCUT2D eigenvalue weighted by molar-refractivity contribution is 8.25. The minimum absolute atomic E-state index is 0.442. The highest BCUT2D eigenvalue weighted by atomic mass is 32.2. The van der Waals surface area contributed by atoms with Crippen LogP contribution in [0.2, 0.25) is 0 Å². The molecule has 0 bridgehead atoms. The molecule has 0 aromatic rings. The number of nitriles is 2. The summed E-state index contributed by atoms with van der Waals surface area (Å²) >= 11 is 7.05. The number of rotatable bonds is 3. The number of allylic oxidation sites excluding steroid dienone is 2. The van der Waals surface area contributed by atoms with Crippen molar-refractivity contribution in [1.82, 2.24) is 0 Å². The molecule has 0 atom stereocenters. The van der Waals surface area contributed by atoms with Crippen LogP contribution in [0.1, 0.15) is 20.3 Å². The number of nitrogens with zero attached hydrogens (tertiary/aromatic N) is 2. The summed E-state index contributed by atoms with van der Waals surface area (Å²) in [5, 5.41) is 19.3. The first-order chi connectivity index (χ1) is 9.67. The van der Waals surface area contributed by atoms with Gasteiger partial charge in [-0.3, -0.25) is 0 Å². The van der Waals surface area contributed by atoms with E-state index in [-0.39, 0.29) is 0 Å². The second kappa shape index (κ2) is 7.22. The van der Waals surface area contributed by atoms with Crippen LogP contribution in [0.5, 0.6) is 0 Å². The SMILES string of the molecule is CCC(C)(C(C#N)=C1SCCS1)C(C#N)=C1SCCS1. The lowest BCUT2D eigenvalue weighted by Gasteiger charge is -2.29. The molecule has 0 aromatic heterocycles. The fraction of sp³-hybridized carbons (Fsp3) is 0.571. The Labute approximate surface area is 137 Å². The molecule has 106 valence electrons. The third kappa shape index (κ3) is 3.04. The van der Waals surface area contributed by atoms with Crippen LogP contribution in [0, 0.1) is 28.1 Å². The van der Waals surface area contributed by atoms with Gasteiger partial charge < -0.3 is 0 Å². The van der Waals surface area contributed by atoms with Crippen LogP contribution in [-0.4, -0.2) is 23.0 Å². The van der Waals surface area contributed by atoms with Crippen molar-refractivity contribution in [2.24, 2.45) is 5.41 Å². The first-order valence-electron chi connectivity index (χ1n) is 6.48. The van der Waals surface area contributed by atoms with Crippen molar-refractivity contribution < 1.29 is 0 Å². The van der Waals surface area contributed by atoms with E-state index in [1.54, 1.807) is 47.0 Å². The molecule has 6 heteroatoms. The van der Waals surface area contributed by atoms with Gasteiger partial charge in [-0.1, -0.05) is 6.92 Å². The standard InChI is InChI=1S/C14H16N2S4/c1-3-14(2,10(8-15)12-17-4-5-18-12)11(9-16)13-19-6-7-20-13/h3-7H2,1-2H3. The summed E-state index contributed by atoms with van der Waals surface area (Å²) in [5.41, 5.74) is 1.15. The summed E-state index contributed by atoms with van der Waals surface area (Å²) in [4.78, 5) is 0. The smallest absolute Gasteiger partial charge is 0.0974 e. The Hall–Kier alpha value is -0.140. The molecule has 0 aliphatic carbocycles. The van der Waals surface area contributed by atoms with E-state index in [0.29, 0.717) is 0 Å². The molecule has 2 rings (SSSR count). The summed E-state index contributed by atoms with van der Waals surface area (Å²) in [6, 6.07) is 4.82. The van der Waals surface area contributed by atoms with Crippen LogP contribution >= 0.6 is 47.0 Å². The second-order valence-corrected chi connectivity index (χ2v) is 9.57. The minimum atomic E-state index is -0.442. The Kier molecular flexibility index (Phi) is 5.86. The molecule has 2 nitrogen and oxygen atoms in total. The molecule has 0 N–H and O–H groups in total. The van der Waals surface area contributed by atoms with Crippen LogP contribution in [-0.2, 0) is 0 Å². The number of hydrogen-bond acceptors (Lipinski definition) is 6. The third-order valence-corrected chi connectivity index (χ3v) is 8.97. The van der Waals surface area contributed by atoms with Crippen molar-refractivity contribution in [1.29, 1.82) is 10.5 Å². The maximum absolute atomic E-state index is 9.66. The van der Waals surface area contributed by atoms with Gasteiger partial charge in [0.15, 0.2) is 0 Å². The number of hydrogen-bond donors (Lipinski definition) is 0. The van der Waals surface area contributed by atoms with Gasteiger partial charge in [0.25, 0.3) is 0 Å². The Balaban J connectivity index is 2.53. The van der Waals surface area contributed by atoms with E-state index in [9.17, 15) is 10.5 Å². The van der Waals surface area contributed by atoms with Gasteiger partial charge in [0, 0.05) is 28.4 Å². The highest BCUT2D eigenvalue weighted by Gasteiger charge is 2.38. The summed E-state index contributed by atoms with van der Waals surface area (Å²) in [7, 11) is 0. The van der Waals surface area contributed by atoms with Gasteiger partial charge in [0.05, 0.1) is 31.8 Å². The topological polar surface area (TPSA) is 47.6 Å². The van der Waals surface area contributed by atoms with Crippen molar-refractivity contribution in [3.8, 4) is 12.1 Å². The van der Waals surface area contributed by atoms with Crippen molar-refractivity contribution in [2.45, 2.75) is 20.3 Å². The lowest BCUT2D eigenvalue weighted by atomic mass is 9.75. The predicted molar refractivity (Wildman–Crippen MR) is 93.5 cm³/mol. The molecule has 20 heavy (non-hydrogen) atoms. The van der Waals surface area contributed by atoms with Crippen LogP contribution in [0.15, 0.2) is 19.6 Å². The maximum Gasteiger partial charge on any atom is 0.0974 e. The van der Waals surface area contributed by atoms with Crippen LogP contribution in [0.4, 0.5) is 0 Å². The predicted octanol–water partition coefficient (Wildman–Crippen LogP) is 4.83. The van der Waals surface area contributed by atoms with Crippen molar-refractivity contribution in [3.63, 3.8) is 0 Å². The van der Waals surface area contributed by atoms with Gasteiger partial charge in [-0.05, 0) is 13.3 Å². The Bertz CT molecular complexity index is 476. The van der Waals surface area contributed by atoms with E-state index in [0.717, 1.165) is 49.1 Å². The van der Waals surface area contributed by atoms with Gasteiger partial charge in [-0.2, -0.15) is 10.5 Å². The quantitative estimate of drug-likeness (QED) is 0.686. The molecule has 2 aliphatic heterocycles. The van der Waals surface area contributed by atoms with Crippen molar-refractivity contribution in [3.05, 3.63) is 19.6 Å². The van der Waals surface area contributed by atoms with Crippen molar-refractivity contribution in [2.75, 3.05) is 23.0 Å². The fourth-order valence-corrected chi connectivity index (χ4v) is 7.58. The molecule has 2 heterocycles. The van der Waals surface area contributed by atoms with Gasteiger partial charge in [-0.25, -0.2) is 0 Å². The monoisotopic (exact) mass is 340 g/mol. The average molecular weight is 341 g/mol. The average Bonchev–Trinajstić information content (AvgIpc) is 3.13. The first-order valence-corrected chi connectivity index (χ1v) is 10.4. The van der Waals surface area contributed by atoms with E-state index in [4.69, 9.17) is 0 Å². The summed E-state index contributed by atoms with van der Waals surface area (Å²) in [5.74, 6) is 4.25. The van der Waals surface area contributed by atoms with E-state index >= 15 is 0 Å². The van der Waals surface area contributed by atoms with E-state index in [2.05, 4.69) is 26.0 Å². The normalized spacial score (nSPS) is 18.8. The second-order valence-electron chi connectivity index (χ2n) is 4.63. The summed E-state index contributed by atoms with van der Waals surface area (Å²) < 4.78 is 2.25. The molecule has 0 radical (unpaired) electrons. The van der Waals surface area contributed by atoms with Gasteiger partial charge in [-0.15, -0.1) is 47.0 Å². The summed E-state index contributed by atoms with van der Waals surface area (Å²) in [6.07, 6.45) is 0.786. The van der Waals surface area contributed by atoms with E-state index in [1.165, 1.54) is 0 Å². The number of thioether (sulfide) groups is 4. The van der Waals surface area contributed by atoms with Gasteiger partial charge in [0.2, 0.25) is 0 Å². The molecule has 0 amide bonds.